The van der Waals surface area contributed by atoms with Crippen molar-refractivity contribution in [1.29, 1.82) is 0 Å². The van der Waals surface area contributed by atoms with E-state index in [0.29, 0.717) is 12.4 Å². The molecule has 0 aliphatic carbocycles. The van der Waals surface area contributed by atoms with E-state index >= 15 is 0 Å². The fourth-order valence-electron chi connectivity index (χ4n) is 2.56. The predicted molar refractivity (Wildman–Crippen MR) is 102 cm³/mol. The van der Waals surface area contributed by atoms with Gasteiger partial charge in [-0.25, -0.2) is 9.97 Å². The van der Waals surface area contributed by atoms with Gasteiger partial charge in [0.25, 0.3) is 0 Å². The summed E-state index contributed by atoms with van der Waals surface area (Å²) in [7, 11) is 0. The van der Waals surface area contributed by atoms with Crippen molar-refractivity contribution in [3.8, 4) is 5.75 Å². The van der Waals surface area contributed by atoms with Crippen LogP contribution in [0.5, 0.6) is 5.75 Å². The Morgan fingerprint density at radius 3 is 2.40 bits per heavy atom. The number of nitrogens with one attached hydrogen (secondary N) is 2. The monoisotopic (exact) mass is 334 g/mol. The molecule has 0 aliphatic heterocycles. The van der Waals surface area contributed by atoms with E-state index in [9.17, 15) is 0 Å². The van der Waals surface area contributed by atoms with Gasteiger partial charge in [-0.1, -0.05) is 24.3 Å². The molecule has 2 aromatic carbocycles. The minimum Gasteiger partial charge on any atom is -0.492 e. The maximum Gasteiger partial charge on any atom is 0.142 e. The largest absolute Gasteiger partial charge is 0.492 e. The third-order valence-electron chi connectivity index (χ3n) is 3.58. The second-order valence-electron chi connectivity index (χ2n) is 5.73. The van der Waals surface area contributed by atoms with Crippen molar-refractivity contribution in [3.05, 3.63) is 66.0 Å². The number of benzene rings is 2. The first-order chi connectivity index (χ1) is 12.1. The van der Waals surface area contributed by atoms with E-state index in [-0.39, 0.29) is 0 Å². The second-order valence-corrected chi connectivity index (χ2v) is 5.73. The Hall–Kier alpha value is -3.08. The van der Waals surface area contributed by atoms with Crippen LogP contribution in [-0.2, 0) is 0 Å². The molecular weight excluding hydrogens is 312 g/mol. The molecule has 1 heterocycles. The first-order valence-corrected chi connectivity index (χ1v) is 8.32. The highest BCUT2D eigenvalue weighted by atomic mass is 16.5. The smallest absolute Gasteiger partial charge is 0.142 e. The molecule has 0 radical (unpaired) electrons. The van der Waals surface area contributed by atoms with Gasteiger partial charge in [0.2, 0.25) is 0 Å². The number of aromatic nitrogens is 2. The van der Waals surface area contributed by atoms with E-state index in [1.165, 1.54) is 5.56 Å². The zero-order valence-electron chi connectivity index (χ0n) is 14.7. The van der Waals surface area contributed by atoms with Crippen LogP contribution in [-0.4, -0.2) is 16.6 Å². The van der Waals surface area contributed by atoms with Gasteiger partial charge in [-0.3, -0.25) is 0 Å². The van der Waals surface area contributed by atoms with Gasteiger partial charge in [0.05, 0.1) is 12.3 Å². The number of hydrogen-bond acceptors (Lipinski definition) is 5. The Bertz CT molecular complexity index is 864. The topological polar surface area (TPSA) is 59.1 Å². The second kappa shape index (κ2) is 7.66. The first kappa shape index (κ1) is 16.8. The molecule has 3 rings (SSSR count). The summed E-state index contributed by atoms with van der Waals surface area (Å²) in [5.74, 6) is 2.95. The van der Waals surface area contributed by atoms with Gasteiger partial charge in [0.15, 0.2) is 0 Å². The molecule has 0 bridgehead atoms. The lowest BCUT2D eigenvalue weighted by Gasteiger charge is -2.13. The summed E-state index contributed by atoms with van der Waals surface area (Å²) >= 11 is 0. The number of para-hydroxylation sites is 2. The molecule has 128 valence electrons. The lowest BCUT2D eigenvalue weighted by atomic mass is 10.2. The van der Waals surface area contributed by atoms with Crippen molar-refractivity contribution in [2.75, 3.05) is 17.2 Å². The molecule has 3 aromatic rings. The highest BCUT2D eigenvalue weighted by Gasteiger charge is 2.07. The predicted octanol–water partition coefficient (Wildman–Crippen LogP) is 4.98. The Balaban J connectivity index is 1.85. The number of hydrogen-bond donors (Lipinski definition) is 2. The molecular formula is C20H22N4O. The minimum absolute atomic E-state index is 0.613. The SMILES string of the molecule is CCOc1ccccc1Nc1cc(Nc2cccc(C)c2)nc(C)n1. The van der Waals surface area contributed by atoms with Gasteiger partial charge < -0.3 is 15.4 Å². The molecule has 1 aromatic heterocycles. The summed E-state index contributed by atoms with van der Waals surface area (Å²) in [5, 5.41) is 6.65. The van der Waals surface area contributed by atoms with Crippen LogP contribution < -0.4 is 15.4 Å². The summed E-state index contributed by atoms with van der Waals surface area (Å²) in [6.45, 7) is 6.52. The third kappa shape index (κ3) is 4.47. The minimum atomic E-state index is 0.613. The Kier molecular flexibility index (Phi) is 5.14. The molecule has 0 saturated carbocycles. The Morgan fingerprint density at radius 1 is 0.880 bits per heavy atom. The van der Waals surface area contributed by atoms with Gasteiger partial charge in [-0.2, -0.15) is 0 Å². The van der Waals surface area contributed by atoms with Crippen LogP contribution >= 0.6 is 0 Å². The maximum atomic E-state index is 5.66. The number of nitrogens with zero attached hydrogens (tertiary/aromatic N) is 2. The quantitative estimate of drug-likeness (QED) is 0.666. The average Bonchev–Trinajstić information content (AvgIpc) is 2.56. The fraction of sp³-hybridized carbons (Fsp3) is 0.200. The van der Waals surface area contributed by atoms with Gasteiger partial charge in [-0.15, -0.1) is 0 Å². The van der Waals surface area contributed by atoms with Crippen LogP contribution in [0, 0.1) is 13.8 Å². The lowest BCUT2D eigenvalue weighted by molar-refractivity contribution is 0.342. The van der Waals surface area contributed by atoms with Crippen LogP contribution in [0.15, 0.2) is 54.6 Å². The van der Waals surface area contributed by atoms with Crippen molar-refractivity contribution >= 4 is 23.0 Å². The molecule has 5 nitrogen and oxygen atoms in total. The van der Waals surface area contributed by atoms with E-state index in [0.717, 1.165) is 28.8 Å². The lowest BCUT2D eigenvalue weighted by Crippen LogP contribution is -2.03. The van der Waals surface area contributed by atoms with E-state index in [2.05, 4.69) is 39.7 Å². The van der Waals surface area contributed by atoms with Crippen molar-refractivity contribution in [2.24, 2.45) is 0 Å². The van der Waals surface area contributed by atoms with Gasteiger partial charge >= 0.3 is 0 Å². The molecule has 0 atom stereocenters. The van der Waals surface area contributed by atoms with E-state index in [4.69, 9.17) is 4.74 Å². The molecule has 0 unspecified atom stereocenters. The van der Waals surface area contributed by atoms with Gasteiger partial charge in [0, 0.05) is 11.8 Å². The molecule has 25 heavy (non-hydrogen) atoms. The van der Waals surface area contributed by atoms with Gasteiger partial charge in [0.1, 0.15) is 23.2 Å². The molecule has 0 spiro atoms. The normalized spacial score (nSPS) is 10.4. The van der Waals surface area contributed by atoms with Crippen molar-refractivity contribution < 1.29 is 4.74 Å². The van der Waals surface area contributed by atoms with Gasteiger partial charge in [-0.05, 0) is 50.6 Å². The van der Waals surface area contributed by atoms with E-state index in [1.54, 1.807) is 0 Å². The summed E-state index contributed by atoms with van der Waals surface area (Å²) in [4.78, 5) is 8.94. The number of rotatable bonds is 6. The molecule has 0 amide bonds. The summed E-state index contributed by atoms with van der Waals surface area (Å²) in [5.41, 5.74) is 3.07. The van der Waals surface area contributed by atoms with E-state index in [1.807, 2.05) is 56.3 Å². The number of ether oxygens (including phenoxy) is 1. The summed E-state index contributed by atoms with van der Waals surface area (Å²) in [6.07, 6.45) is 0. The average molecular weight is 334 g/mol. The summed E-state index contributed by atoms with van der Waals surface area (Å²) < 4.78 is 5.66. The highest BCUT2D eigenvalue weighted by molar-refractivity contribution is 5.67. The zero-order chi connectivity index (χ0) is 17.6. The van der Waals surface area contributed by atoms with Crippen LogP contribution in [0.1, 0.15) is 18.3 Å². The Labute approximate surface area is 148 Å². The van der Waals surface area contributed by atoms with Crippen LogP contribution in [0.4, 0.5) is 23.0 Å². The van der Waals surface area contributed by atoms with Crippen molar-refractivity contribution in [3.63, 3.8) is 0 Å². The summed E-state index contributed by atoms with van der Waals surface area (Å²) in [6, 6.07) is 17.9. The van der Waals surface area contributed by atoms with E-state index < -0.39 is 0 Å². The molecule has 2 N–H and O–H groups in total. The molecule has 0 saturated heterocycles. The van der Waals surface area contributed by atoms with Crippen LogP contribution in [0.3, 0.4) is 0 Å². The maximum absolute atomic E-state index is 5.66. The van der Waals surface area contributed by atoms with Crippen molar-refractivity contribution in [2.45, 2.75) is 20.8 Å². The standard InChI is InChI=1S/C20H22N4O/c1-4-25-18-11-6-5-10-17(18)24-20-13-19(21-15(3)22-20)23-16-9-7-8-14(2)12-16/h5-13H,4H2,1-3H3,(H2,21,22,23,24). The zero-order valence-corrected chi connectivity index (χ0v) is 14.7. The fourth-order valence-corrected chi connectivity index (χ4v) is 2.56. The number of aryl methyl sites for hydroxylation is 2. The molecule has 5 heteroatoms. The Morgan fingerprint density at radius 2 is 1.64 bits per heavy atom. The van der Waals surface area contributed by atoms with Crippen molar-refractivity contribution in [1.82, 2.24) is 9.97 Å². The number of anilines is 4. The van der Waals surface area contributed by atoms with Crippen LogP contribution in [0.25, 0.3) is 0 Å². The third-order valence-corrected chi connectivity index (χ3v) is 3.58. The molecule has 0 fully saturated rings. The molecule has 0 aliphatic rings. The highest BCUT2D eigenvalue weighted by Crippen LogP contribution is 2.28. The van der Waals surface area contributed by atoms with Crippen LogP contribution in [0.2, 0.25) is 0 Å². The first-order valence-electron chi connectivity index (χ1n) is 8.32.